The molecule has 0 unspecified atom stereocenters. The Bertz CT molecular complexity index is 1340. The normalized spacial score (nSPS) is 15.1. The molecule has 1 aliphatic rings. The summed E-state index contributed by atoms with van der Waals surface area (Å²) in [4.78, 5) is 14.8. The summed E-state index contributed by atoms with van der Waals surface area (Å²) >= 11 is 1.72. The van der Waals surface area contributed by atoms with Gasteiger partial charge in [-0.25, -0.2) is 9.97 Å². The quantitative estimate of drug-likeness (QED) is 0.204. The maximum absolute atomic E-state index is 6.39. The number of unbranched alkanes of at least 4 members (excludes halogenated alkanes) is 1. The van der Waals surface area contributed by atoms with Crippen molar-refractivity contribution < 1.29 is 0 Å². The Labute approximate surface area is 236 Å². The fourth-order valence-electron chi connectivity index (χ4n) is 5.61. The number of benzene rings is 1. The van der Waals surface area contributed by atoms with Gasteiger partial charge in [-0.3, -0.25) is 0 Å². The fraction of sp³-hybridized carbons (Fsp3) is 0.533. The number of pyridine rings is 1. The molecule has 0 atom stereocenters. The lowest BCUT2D eigenvalue weighted by Gasteiger charge is -2.34. The highest BCUT2D eigenvalue weighted by molar-refractivity contribution is 7.18. The van der Waals surface area contributed by atoms with Gasteiger partial charge in [-0.2, -0.15) is 0 Å². The van der Waals surface area contributed by atoms with Crippen molar-refractivity contribution in [3.05, 3.63) is 52.7 Å². The maximum atomic E-state index is 6.39. The molecule has 0 amide bonds. The summed E-state index contributed by atoms with van der Waals surface area (Å²) in [5, 5.41) is 5.81. The van der Waals surface area contributed by atoms with E-state index in [1.165, 1.54) is 48.4 Å². The summed E-state index contributed by atoms with van der Waals surface area (Å²) in [6.07, 6.45) is 5.46. The van der Waals surface area contributed by atoms with E-state index in [1.54, 1.807) is 11.3 Å². The number of hydrogen-bond acceptors (Lipinski definition) is 8. The number of piperazine rings is 1. The number of fused-ring (bicyclic) bond motifs is 3. The first-order valence-corrected chi connectivity index (χ1v) is 15.5. The van der Waals surface area contributed by atoms with Crippen LogP contribution in [0.4, 0.5) is 5.82 Å². The van der Waals surface area contributed by atoms with Crippen LogP contribution in [-0.4, -0.2) is 76.7 Å². The first-order valence-electron chi connectivity index (χ1n) is 14.6. The van der Waals surface area contributed by atoms with Gasteiger partial charge in [0.05, 0.1) is 15.7 Å². The van der Waals surface area contributed by atoms with Crippen LogP contribution < -0.4 is 16.8 Å². The van der Waals surface area contributed by atoms with Crippen molar-refractivity contribution in [2.24, 2.45) is 5.73 Å². The van der Waals surface area contributed by atoms with E-state index in [9.17, 15) is 0 Å². The highest BCUT2D eigenvalue weighted by atomic mass is 32.1. The van der Waals surface area contributed by atoms with Crippen LogP contribution in [0.5, 0.6) is 0 Å². The molecular formula is C30H44N8S. The zero-order valence-corrected chi connectivity index (χ0v) is 24.2. The van der Waals surface area contributed by atoms with E-state index in [2.05, 4.69) is 67.3 Å². The number of nitrogens with one attached hydrogen (secondary N) is 1. The zero-order valence-electron chi connectivity index (χ0n) is 23.4. The largest absolute Gasteiger partial charge is 0.382 e. The molecule has 39 heavy (non-hydrogen) atoms. The van der Waals surface area contributed by atoms with Crippen LogP contribution in [-0.2, 0) is 19.5 Å². The summed E-state index contributed by atoms with van der Waals surface area (Å²) < 4.78 is 3.57. The Morgan fingerprint density at radius 2 is 1.69 bits per heavy atom. The van der Waals surface area contributed by atoms with Crippen molar-refractivity contribution >= 4 is 38.4 Å². The third kappa shape index (κ3) is 6.78. The Kier molecular flexibility index (Phi) is 9.81. The number of nitrogen functional groups attached to an aromatic ring is 1. The van der Waals surface area contributed by atoms with E-state index >= 15 is 0 Å². The highest BCUT2D eigenvalue weighted by Crippen LogP contribution is 2.33. The number of nitrogens with zero attached hydrogens (tertiary/aromatic N) is 5. The van der Waals surface area contributed by atoms with Gasteiger partial charge in [0, 0.05) is 45.7 Å². The molecule has 0 saturated carbocycles. The smallest absolute Gasteiger partial charge is 0.152 e. The molecule has 4 heterocycles. The molecular weight excluding hydrogens is 504 g/mol. The number of nitrogens with two attached hydrogens (primary N) is 2. The molecule has 1 saturated heterocycles. The monoisotopic (exact) mass is 548 g/mol. The third-order valence-corrected chi connectivity index (χ3v) is 8.79. The number of hydrogen-bond donors (Lipinski definition) is 3. The van der Waals surface area contributed by atoms with Crippen LogP contribution in [0.15, 0.2) is 35.7 Å². The van der Waals surface area contributed by atoms with Crippen molar-refractivity contribution in [2.75, 3.05) is 58.1 Å². The fourth-order valence-corrected chi connectivity index (χ4v) is 6.50. The second kappa shape index (κ2) is 13.7. The van der Waals surface area contributed by atoms with Gasteiger partial charge in [-0.1, -0.05) is 37.6 Å². The molecule has 1 fully saturated rings. The molecule has 0 bridgehead atoms. The third-order valence-electron chi connectivity index (χ3n) is 7.88. The Morgan fingerprint density at radius 3 is 2.44 bits per heavy atom. The summed E-state index contributed by atoms with van der Waals surface area (Å²) in [5.41, 5.74) is 17.7. The van der Waals surface area contributed by atoms with Gasteiger partial charge < -0.3 is 31.2 Å². The van der Waals surface area contributed by atoms with E-state index in [0.29, 0.717) is 5.82 Å². The van der Waals surface area contributed by atoms with Crippen molar-refractivity contribution in [2.45, 2.75) is 52.1 Å². The second-order valence-corrected chi connectivity index (χ2v) is 11.6. The summed E-state index contributed by atoms with van der Waals surface area (Å²) in [5.74, 6) is 1.63. The molecule has 1 aromatic carbocycles. The minimum atomic E-state index is 0.527. The van der Waals surface area contributed by atoms with E-state index in [4.69, 9.17) is 16.5 Å². The van der Waals surface area contributed by atoms with Crippen LogP contribution in [0.2, 0.25) is 0 Å². The molecule has 0 aliphatic carbocycles. The topological polar surface area (TPSA) is 101 Å². The van der Waals surface area contributed by atoms with Crippen molar-refractivity contribution in [3.63, 3.8) is 0 Å². The summed E-state index contributed by atoms with van der Waals surface area (Å²) in [7, 11) is 0. The van der Waals surface area contributed by atoms with Crippen LogP contribution in [0.3, 0.4) is 0 Å². The SMILES string of the molecule is CCCCc1nc2c(N)nc3ccsc3c2n1Cc1ccccc1CNCCCN1CCN(CCCN)CC1. The molecule has 5 rings (SSSR count). The molecule has 3 aromatic heterocycles. The van der Waals surface area contributed by atoms with Gasteiger partial charge in [0.15, 0.2) is 5.82 Å². The zero-order chi connectivity index (χ0) is 27.0. The van der Waals surface area contributed by atoms with Gasteiger partial charge in [-0.15, -0.1) is 11.3 Å². The maximum Gasteiger partial charge on any atom is 0.152 e. The minimum absolute atomic E-state index is 0.527. The molecule has 1 aliphatic heterocycles. The van der Waals surface area contributed by atoms with Crippen molar-refractivity contribution in [3.8, 4) is 0 Å². The Morgan fingerprint density at radius 1 is 0.949 bits per heavy atom. The first kappa shape index (κ1) is 28.0. The van der Waals surface area contributed by atoms with Gasteiger partial charge in [-0.05, 0) is 68.0 Å². The average Bonchev–Trinajstić information content (AvgIpc) is 3.56. The average molecular weight is 549 g/mol. The van der Waals surface area contributed by atoms with Gasteiger partial charge in [0.1, 0.15) is 11.3 Å². The Hall–Kier alpha value is -2.56. The van der Waals surface area contributed by atoms with Crippen LogP contribution in [0.25, 0.3) is 21.3 Å². The predicted octanol–water partition coefficient (Wildman–Crippen LogP) is 4.07. The minimum Gasteiger partial charge on any atom is -0.382 e. The predicted molar refractivity (Wildman–Crippen MR) is 164 cm³/mol. The van der Waals surface area contributed by atoms with E-state index in [1.807, 2.05) is 0 Å². The molecule has 0 spiro atoms. The molecule has 8 nitrogen and oxygen atoms in total. The van der Waals surface area contributed by atoms with E-state index in [-0.39, 0.29) is 0 Å². The highest BCUT2D eigenvalue weighted by Gasteiger charge is 2.19. The molecule has 0 radical (unpaired) electrons. The number of thiophene rings is 1. The van der Waals surface area contributed by atoms with Crippen LogP contribution >= 0.6 is 11.3 Å². The number of aryl methyl sites for hydroxylation is 1. The van der Waals surface area contributed by atoms with E-state index in [0.717, 1.165) is 87.3 Å². The second-order valence-electron chi connectivity index (χ2n) is 10.7. The number of anilines is 1. The molecule has 9 heteroatoms. The molecule has 210 valence electrons. The lowest BCUT2D eigenvalue weighted by Crippen LogP contribution is -2.47. The lowest BCUT2D eigenvalue weighted by atomic mass is 10.1. The summed E-state index contributed by atoms with van der Waals surface area (Å²) in [6.45, 7) is 12.7. The van der Waals surface area contributed by atoms with Crippen LogP contribution in [0, 0.1) is 0 Å². The van der Waals surface area contributed by atoms with Gasteiger partial charge in [0.2, 0.25) is 0 Å². The standard InChI is InChI=1S/C30H44N8S/c1-2-3-10-26-35-27-28(29-25(11-20-39-29)34-30(27)32)38(26)22-24-9-5-4-8-23(24)21-33-13-7-15-37-18-16-36(17-19-37)14-6-12-31/h4-5,8-9,11,20,33H,2-3,6-7,10,12-19,21-22,31H2,1H3,(H2,32,34). The number of aromatic nitrogens is 3. The van der Waals surface area contributed by atoms with Gasteiger partial charge >= 0.3 is 0 Å². The number of imidazole rings is 1. The van der Waals surface area contributed by atoms with Crippen LogP contribution in [0.1, 0.15) is 49.6 Å². The molecule has 4 aromatic rings. The van der Waals surface area contributed by atoms with Gasteiger partial charge in [0.25, 0.3) is 0 Å². The molecule has 5 N–H and O–H groups in total. The van der Waals surface area contributed by atoms with E-state index < -0.39 is 0 Å². The first-order chi connectivity index (χ1) is 19.2. The Balaban J connectivity index is 1.23. The van der Waals surface area contributed by atoms with Crippen molar-refractivity contribution in [1.29, 1.82) is 0 Å². The lowest BCUT2D eigenvalue weighted by molar-refractivity contribution is 0.131. The van der Waals surface area contributed by atoms with Crippen molar-refractivity contribution in [1.82, 2.24) is 29.7 Å². The summed E-state index contributed by atoms with van der Waals surface area (Å²) in [6, 6.07) is 10.9. The number of rotatable bonds is 14.